The van der Waals surface area contributed by atoms with Gasteiger partial charge in [0.15, 0.2) is 6.29 Å². The number of rotatable bonds is 2. The Labute approximate surface area is 160 Å². The van der Waals surface area contributed by atoms with Crippen molar-refractivity contribution in [2.75, 3.05) is 26.4 Å². The molecule has 1 aromatic rings. The fraction of sp³-hybridized carbons (Fsp3) is 0.571. The van der Waals surface area contributed by atoms with E-state index in [-0.39, 0.29) is 24.5 Å². The molecular weight excluding hydrogens is 346 g/mol. The molecule has 146 valence electrons. The summed E-state index contributed by atoms with van der Waals surface area (Å²) in [7, 11) is 0. The zero-order valence-corrected chi connectivity index (χ0v) is 16.1. The number of benzene rings is 1. The van der Waals surface area contributed by atoms with E-state index in [1.54, 1.807) is 0 Å². The van der Waals surface area contributed by atoms with Crippen molar-refractivity contribution in [3.63, 3.8) is 0 Å². The maximum atomic E-state index is 12.7. The van der Waals surface area contributed by atoms with Crippen molar-refractivity contribution in [2.45, 2.75) is 51.2 Å². The molecule has 2 fully saturated rings. The third kappa shape index (κ3) is 4.03. The first-order valence-corrected chi connectivity index (χ1v) is 9.54. The summed E-state index contributed by atoms with van der Waals surface area (Å²) in [6, 6.07) is 8.22. The van der Waals surface area contributed by atoms with E-state index in [2.05, 4.69) is 30.3 Å². The molecule has 0 aromatic heterocycles. The molecule has 0 radical (unpaired) electrons. The van der Waals surface area contributed by atoms with E-state index in [9.17, 15) is 4.79 Å². The first kappa shape index (κ1) is 18.5. The maximum Gasteiger partial charge on any atom is 0.411 e. The van der Waals surface area contributed by atoms with Gasteiger partial charge in [0.25, 0.3) is 0 Å². The first-order chi connectivity index (χ1) is 12.9. The minimum atomic E-state index is -0.504. The van der Waals surface area contributed by atoms with E-state index >= 15 is 0 Å². The minimum absolute atomic E-state index is 0.000208. The van der Waals surface area contributed by atoms with Gasteiger partial charge in [0.1, 0.15) is 5.60 Å². The molecule has 2 unspecified atom stereocenters. The maximum absolute atomic E-state index is 12.7. The zero-order chi connectivity index (χ0) is 19.0. The molecular formula is C21H27NO5. The van der Waals surface area contributed by atoms with Gasteiger partial charge in [0.2, 0.25) is 0 Å². The summed E-state index contributed by atoms with van der Waals surface area (Å²) < 4.78 is 22.4. The fourth-order valence-electron chi connectivity index (χ4n) is 3.81. The molecule has 2 atom stereocenters. The number of amides is 1. The SMILES string of the molecule is CC(C)(C)OC(=O)N1C2C=C(c3ccc(C4OCCO4)cc3)CC1COC2. The van der Waals surface area contributed by atoms with Gasteiger partial charge in [0, 0.05) is 5.56 Å². The second-order valence-electron chi connectivity index (χ2n) is 8.24. The summed E-state index contributed by atoms with van der Waals surface area (Å²) in [5.41, 5.74) is 2.94. The first-order valence-electron chi connectivity index (χ1n) is 9.54. The van der Waals surface area contributed by atoms with E-state index in [0.29, 0.717) is 26.4 Å². The third-order valence-corrected chi connectivity index (χ3v) is 4.98. The molecule has 3 aliphatic heterocycles. The van der Waals surface area contributed by atoms with Crippen molar-refractivity contribution in [3.05, 3.63) is 41.5 Å². The Hall–Kier alpha value is -1.89. The van der Waals surface area contributed by atoms with Gasteiger partial charge in [-0.15, -0.1) is 0 Å². The zero-order valence-electron chi connectivity index (χ0n) is 16.1. The molecule has 3 heterocycles. The number of ether oxygens (including phenoxy) is 4. The van der Waals surface area contributed by atoms with E-state index < -0.39 is 5.60 Å². The fourth-order valence-corrected chi connectivity index (χ4v) is 3.81. The highest BCUT2D eigenvalue weighted by Gasteiger charge is 2.40. The van der Waals surface area contributed by atoms with Crippen molar-refractivity contribution in [2.24, 2.45) is 0 Å². The normalized spacial score (nSPS) is 26.0. The predicted molar refractivity (Wildman–Crippen MR) is 100 cm³/mol. The molecule has 2 saturated heterocycles. The minimum Gasteiger partial charge on any atom is -0.444 e. The molecule has 3 aliphatic rings. The predicted octanol–water partition coefficient (Wildman–Crippen LogP) is 3.52. The Morgan fingerprint density at radius 2 is 1.81 bits per heavy atom. The van der Waals surface area contributed by atoms with Crippen LogP contribution >= 0.6 is 0 Å². The van der Waals surface area contributed by atoms with Crippen molar-refractivity contribution in [1.29, 1.82) is 0 Å². The molecule has 1 amide bonds. The number of nitrogens with zero attached hydrogens (tertiary/aromatic N) is 1. The Kier molecular flexibility index (Phi) is 4.97. The quantitative estimate of drug-likeness (QED) is 0.794. The van der Waals surface area contributed by atoms with Crippen LogP contribution < -0.4 is 0 Å². The van der Waals surface area contributed by atoms with Crippen LogP contribution in [0.1, 0.15) is 44.6 Å². The molecule has 6 heteroatoms. The Balaban J connectivity index is 1.52. The highest BCUT2D eigenvalue weighted by Crippen LogP contribution is 2.34. The van der Waals surface area contributed by atoms with Crippen molar-refractivity contribution < 1.29 is 23.7 Å². The molecule has 4 rings (SSSR count). The smallest absolute Gasteiger partial charge is 0.411 e. The van der Waals surface area contributed by atoms with E-state index in [0.717, 1.165) is 17.5 Å². The summed E-state index contributed by atoms with van der Waals surface area (Å²) in [6.45, 7) is 7.99. The lowest BCUT2D eigenvalue weighted by Crippen LogP contribution is -2.57. The largest absolute Gasteiger partial charge is 0.444 e. The third-order valence-electron chi connectivity index (χ3n) is 4.98. The second kappa shape index (κ2) is 7.26. The van der Waals surface area contributed by atoms with Crippen molar-refractivity contribution in [3.8, 4) is 0 Å². The van der Waals surface area contributed by atoms with Crippen LogP contribution in [0.25, 0.3) is 5.57 Å². The van der Waals surface area contributed by atoms with Gasteiger partial charge in [-0.1, -0.05) is 30.3 Å². The summed E-state index contributed by atoms with van der Waals surface area (Å²) in [5.74, 6) is 0. The molecule has 1 aromatic carbocycles. The standard InChI is InChI=1S/C21H27NO5/c1-21(2,3)27-20(23)22-17-10-16(11-18(22)13-24-12-17)14-4-6-15(7-5-14)19-25-8-9-26-19/h4-7,10,17-19H,8-9,11-13H2,1-3H3. The van der Waals surface area contributed by atoms with Gasteiger partial charge in [-0.25, -0.2) is 4.79 Å². The molecule has 6 nitrogen and oxygen atoms in total. The average Bonchev–Trinajstić information content (AvgIpc) is 3.14. The van der Waals surface area contributed by atoms with Gasteiger partial charge in [-0.3, -0.25) is 4.90 Å². The van der Waals surface area contributed by atoms with Crippen LogP contribution in [-0.2, 0) is 18.9 Å². The van der Waals surface area contributed by atoms with Crippen LogP contribution in [0.2, 0.25) is 0 Å². The van der Waals surface area contributed by atoms with Crippen LogP contribution in [0, 0.1) is 0 Å². The van der Waals surface area contributed by atoms with Gasteiger partial charge in [-0.2, -0.15) is 0 Å². The van der Waals surface area contributed by atoms with Gasteiger partial charge in [0.05, 0.1) is 38.5 Å². The number of fused-ring (bicyclic) bond motifs is 2. The Bertz CT molecular complexity index is 715. The molecule has 0 N–H and O–H groups in total. The van der Waals surface area contributed by atoms with Crippen LogP contribution in [0.15, 0.2) is 30.3 Å². The van der Waals surface area contributed by atoms with Crippen molar-refractivity contribution >= 4 is 11.7 Å². The Morgan fingerprint density at radius 3 is 2.44 bits per heavy atom. The van der Waals surface area contributed by atoms with Crippen LogP contribution in [0.5, 0.6) is 0 Å². The topological polar surface area (TPSA) is 57.2 Å². The van der Waals surface area contributed by atoms with Gasteiger partial charge in [-0.05, 0) is 38.3 Å². The lowest BCUT2D eigenvalue weighted by molar-refractivity contribution is -0.0511. The summed E-state index contributed by atoms with van der Waals surface area (Å²) >= 11 is 0. The number of morpholine rings is 1. The number of carbonyl (C=O) groups excluding carboxylic acids is 1. The highest BCUT2D eigenvalue weighted by molar-refractivity contribution is 5.75. The summed E-state index contributed by atoms with van der Waals surface area (Å²) in [4.78, 5) is 14.5. The van der Waals surface area contributed by atoms with E-state index in [1.807, 2.05) is 25.7 Å². The van der Waals surface area contributed by atoms with E-state index in [1.165, 1.54) is 5.57 Å². The van der Waals surface area contributed by atoms with Crippen LogP contribution in [0.4, 0.5) is 4.79 Å². The second-order valence-corrected chi connectivity index (χ2v) is 8.24. The monoisotopic (exact) mass is 373 g/mol. The molecule has 2 bridgehead atoms. The van der Waals surface area contributed by atoms with Crippen LogP contribution in [0.3, 0.4) is 0 Å². The lowest BCUT2D eigenvalue weighted by Gasteiger charge is -2.44. The Morgan fingerprint density at radius 1 is 1.11 bits per heavy atom. The van der Waals surface area contributed by atoms with Gasteiger partial charge >= 0.3 is 6.09 Å². The average molecular weight is 373 g/mol. The highest BCUT2D eigenvalue weighted by atomic mass is 16.7. The number of hydrogen-bond acceptors (Lipinski definition) is 5. The van der Waals surface area contributed by atoms with Crippen LogP contribution in [-0.4, -0.2) is 55.1 Å². The number of carbonyl (C=O) groups is 1. The molecule has 0 spiro atoms. The lowest BCUT2D eigenvalue weighted by atomic mass is 9.89. The number of hydrogen-bond donors (Lipinski definition) is 0. The molecule has 27 heavy (non-hydrogen) atoms. The van der Waals surface area contributed by atoms with Crippen molar-refractivity contribution in [1.82, 2.24) is 4.90 Å². The summed E-state index contributed by atoms with van der Waals surface area (Å²) in [5, 5.41) is 0. The summed E-state index contributed by atoms with van der Waals surface area (Å²) in [6.07, 6.45) is 2.37. The van der Waals surface area contributed by atoms with E-state index in [4.69, 9.17) is 18.9 Å². The molecule has 0 aliphatic carbocycles. The van der Waals surface area contributed by atoms with Gasteiger partial charge < -0.3 is 18.9 Å². The molecule has 0 saturated carbocycles.